The van der Waals surface area contributed by atoms with Crippen molar-refractivity contribution in [2.45, 2.75) is 37.6 Å². The van der Waals surface area contributed by atoms with Crippen molar-refractivity contribution in [1.82, 2.24) is 19.3 Å². The molecule has 2 aliphatic heterocycles. The van der Waals surface area contributed by atoms with Gasteiger partial charge in [-0.15, -0.1) is 0 Å². The van der Waals surface area contributed by atoms with E-state index in [0.717, 1.165) is 36.4 Å². The molecule has 186 valence electrons. The minimum Gasteiger partial charge on any atom is -0.497 e. The predicted molar refractivity (Wildman–Crippen MR) is 124 cm³/mol. The lowest BCUT2D eigenvalue weighted by atomic mass is 10.0. The minimum absolute atomic E-state index is 0.00292. The summed E-state index contributed by atoms with van der Waals surface area (Å²) in [5.41, 5.74) is 1.37. The van der Waals surface area contributed by atoms with Gasteiger partial charge in [-0.3, -0.25) is 9.69 Å². The number of rotatable bonds is 7. The number of hydrogen-bond donors (Lipinski definition) is 0. The van der Waals surface area contributed by atoms with Gasteiger partial charge in [-0.25, -0.2) is 8.42 Å². The van der Waals surface area contributed by atoms with Crippen molar-refractivity contribution in [3.05, 3.63) is 35.2 Å². The minimum atomic E-state index is -3.71. The van der Waals surface area contributed by atoms with Gasteiger partial charge in [0.05, 0.1) is 20.8 Å². The van der Waals surface area contributed by atoms with E-state index in [1.165, 1.54) is 4.31 Å². The van der Waals surface area contributed by atoms with E-state index in [9.17, 15) is 13.2 Å². The van der Waals surface area contributed by atoms with Gasteiger partial charge in [-0.05, 0) is 51.4 Å². The average Bonchev–Trinajstić information content (AvgIpc) is 3.44. The quantitative estimate of drug-likeness (QED) is 0.578. The number of sulfonamides is 1. The molecule has 2 fully saturated rings. The van der Waals surface area contributed by atoms with Crippen LogP contribution in [0.25, 0.3) is 0 Å². The number of aromatic nitrogens is 1. The molecule has 0 saturated carbocycles. The molecular formula is C23H32N4O6S. The van der Waals surface area contributed by atoms with Crippen molar-refractivity contribution in [3.63, 3.8) is 0 Å². The number of carbonyl (C=O) groups excluding carboxylic acids is 1. The van der Waals surface area contributed by atoms with Crippen LogP contribution in [-0.2, 0) is 14.8 Å². The molecule has 3 heterocycles. The number of amides is 1. The third kappa shape index (κ3) is 4.64. The number of likely N-dealkylation sites (tertiary alicyclic amines) is 1. The van der Waals surface area contributed by atoms with Crippen LogP contribution in [0.15, 0.2) is 27.6 Å². The first-order valence-electron chi connectivity index (χ1n) is 11.4. The number of aryl methyl sites for hydroxylation is 2. The molecule has 4 rings (SSSR count). The Balaban J connectivity index is 1.41. The second kappa shape index (κ2) is 9.93. The van der Waals surface area contributed by atoms with Crippen LogP contribution in [0.4, 0.5) is 0 Å². The third-order valence-electron chi connectivity index (χ3n) is 6.65. The Morgan fingerprint density at radius 2 is 1.85 bits per heavy atom. The maximum absolute atomic E-state index is 13.1. The fourth-order valence-corrected chi connectivity index (χ4v) is 6.60. The Kier molecular flexibility index (Phi) is 7.15. The summed E-state index contributed by atoms with van der Waals surface area (Å²) < 4.78 is 43.5. The Morgan fingerprint density at radius 3 is 2.47 bits per heavy atom. The molecule has 1 atom stereocenters. The summed E-state index contributed by atoms with van der Waals surface area (Å²) in [5, 5.41) is 3.77. The van der Waals surface area contributed by atoms with Crippen molar-refractivity contribution in [1.29, 1.82) is 0 Å². The van der Waals surface area contributed by atoms with Gasteiger partial charge in [0.15, 0.2) is 5.76 Å². The van der Waals surface area contributed by atoms with Crippen molar-refractivity contribution in [2.24, 2.45) is 0 Å². The van der Waals surface area contributed by atoms with Crippen LogP contribution in [0, 0.1) is 13.8 Å². The zero-order valence-corrected chi connectivity index (χ0v) is 20.9. The van der Waals surface area contributed by atoms with Crippen LogP contribution in [0.1, 0.15) is 35.9 Å². The highest BCUT2D eigenvalue weighted by atomic mass is 32.2. The Morgan fingerprint density at radius 1 is 1.12 bits per heavy atom. The maximum Gasteiger partial charge on any atom is 0.248 e. The van der Waals surface area contributed by atoms with Crippen LogP contribution in [0.2, 0.25) is 0 Å². The first-order valence-corrected chi connectivity index (χ1v) is 12.9. The van der Waals surface area contributed by atoms with E-state index in [4.69, 9.17) is 14.0 Å². The number of benzene rings is 1. The monoisotopic (exact) mass is 492 g/mol. The molecule has 0 aliphatic carbocycles. The van der Waals surface area contributed by atoms with Crippen LogP contribution in [0.3, 0.4) is 0 Å². The van der Waals surface area contributed by atoms with Crippen LogP contribution < -0.4 is 9.47 Å². The summed E-state index contributed by atoms with van der Waals surface area (Å²) in [6, 6.07) is 5.80. The van der Waals surface area contributed by atoms with E-state index in [-0.39, 0.29) is 42.2 Å². The average molecular weight is 493 g/mol. The highest BCUT2D eigenvalue weighted by molar-refractivity contribution is 7.89. The molecule has 34 heavy (non-hydrogen) atoms. The van der Waals surface area contributed by atoms with Gasteiger partial charge in [0, 0.05) is 37.8 Å². The molecule has 0 N–H and O–H groups in total. The van der Waals surface area contributed by atoms with Gasteiger partial charge in [-0.1, -0.05) is 5.16 Å². The smallest absolute Gasteiger partial charge is 0.248 e. The fourth-order valence-electron chi connectivity index (χ4n) is 4.89. The molecular weight excluding hydrogens is 460 g/mol. The largest absolute Gasteiger partial charge is 0.497 e. The lowest BCUT2D eigenvalue weighted by Gasteiger charge is -2.35. The number of methoxy groups -OCH3 is 2. The predicted octanol–water partition coefficient (Wildman–Crippen LogP) is 1.98. The van der Waals surface area contributed by atoms with E-state index in [0.29, 0.717) is 18.8 Å². The van der Waals surface area contributed by atoms with Crippen LogP contribution in [-0.4, -0.2) is 87.1 Å². The van der Waals surface area contributed by atoms with Gasteiger partial charge in [0.1, 0.15) is 22.1 Å². The summed E-state index contributed by atoms with van der Waals surface area (Å²) in [5.74, 6) is 1.82. The van der Waals surface area contributed by atoms with E-state index >= 15 is 0 Å². The molecule has 0 spiro atoms. The number of hydrogen-bond acceptors (Lipinski definition) is 8. The van der Waals surface area contributed by atoms with Gasteiger partial charge in [-0.2, -0.15) is 4.31 Å². The highest BCUT2D eigenvalue weighted by Crippen LogP contribution is 2.38. The molecule has 1 amide bonds. The summed E-state index contributed by atoms with van der Waals surface area (Å²) in [6.45, 7) is 5.49. The standard InChI is InChI=1S/C23H32N4O6S/c1-16-23(17(2)33-24-16)34(29,30)27-12-10-25(11-13-27)22(28)15-26-9-5-6-20(26)19-14-18(31-3)7-8-21(19)32-4/h7-8,14,20H,5-6,9-13,15H2,1-4H3. The summed E-state index contributed by atoms with van der Waals surface area (Å²) in [4.78, 5) is 17.2. The maximum atomic E-state index is 13.1. The van der Waals surface area contributed by atoms with E-state index in [1.54, 1.807) is 33.0 Å². The Hall–Kier alpha value is -2.63. The fraction of sp³-hybridized carbons (Fsp3) is 0.565. The number of ether oxygens (including phenoxy) is 2. The van der Waals surface area contributed by atoms with Gasteiger partial charge < -0.3 is 18.9 Å². The molecule has 11 heteroatoms. The van der Waals surface area contributed by atoms with Crippen molar-refractivity contribution in [2.75, 3.05) is 53.5 Å². The zero-order valence-electron chi connectivity index (χ0n) is 20.1. The number of nitrogens with zero attached hydrogens (tertiary/aromatic N) is 4. The molecule has 1 aromatic carbocycles. The molecule has 2 saturated heterocycles. The topological polar surface area (TPSA) is 105 Å². The van der Waals surface area contributed by atoms with E-state index in [2.05, 4.69) is 10.1 Å². The van der Waals surface area contributed by atoms with Crippen molar-refractivity contribution in [3.8, 4) is 11.5 Å². The van der Waals surface area contributed by atoms with Gasteiger partial charge >= 0.3 is 0 Å². The molecule has 0 bridgehead atoms. The SMILES string of the molecule is COc1ccc(OC)c(C2CCCN2CC(=O)N2CCN(S(=O)(=O)c3c(C)noc3C)CC2)c1. The first kappa shape index (κ1) is 24.5. The molecule has 2 aromatic rings. The summed E-state index contributed by atoms with van der Waals surface area (Å²) >= 11 is 0. The van der Waals surface area contributed by atoms with E-state index < -0.39 is 10.0 Å². The molecule has 10 nitrogen and oxygen atoms in total. The second-order valence-corrected chi connectivity index (χ2v) is 10.5. The third-order valence-corrected chi connectivity index (χ3v) is 8.80. The van der Waals surface area contributed by atoms with E-state index in [1.807, 2.05) is 18.2 Å². The molecule has 1 unspecified atom stereocenters. The van der Waals surface area contributed by atoms with Crippen LogP contribution in [0.5, 0.6) is 11.5 Å². The lowest BCUT2D eigenvalue weighted by molar-refractivity contribution is -0.133. The lowest BCUT2D eigenvalue weighted by Crippen LogP contribution is -2.52. The number of piperazine rings is 1. The normalized spacial score (nSPS) is 20.0. The van der Waals surface area contributed by atoms with Crippen molar-refractivity contribution >= 4 is 15.9 Å². The van der Waals surface area contributed by atoms with Crippen molar-refractivity contribution < 1.29 is 27.2 Å². The molecule has 1 aromatic heterocycles. The molecule has 0 radical (unpaired) electrons. The molecule has 2 aliphatic rings. The Bertz CT molecular complexity index is 1120. The summed E-state index contributed by atoms with van der Waals surface area (Å²) in [7, 11) is -0.431. The van der Waals surface area contributed by atoms with Gasteiger partial charge in [0.2, 0.25) is 15.9 Å². The number of carbonyl (C=O) groups is 1. The first-order chi connectivity index (χ1) is 16.3. The second-order valence-electron chi connectivity index (χ2n) is 8.67. The van der Waals surface area contributed by atoms with Gasteiger partial charge in [0.25, 0.3) is 0 Å². The summed E-state index contributed by atoms with van der Waals surface area (Å²) in [6.07, 6.45) is 1.92. The zero-order chi connectivity index (χ0) is 24.5. The highest BCUT2D eigenvalue weighted by Gasteiger charge is 2.36. The van der Waals surface area contributed by atoms with Crippen LogP contribution >= 0.6 is 0 Å². The Labute approximate surface area is 200 Å².